The van der Waals surface area contributed by atoms with Gasteiger partial charge in [0.15, 0.2) is 0 Å². The summed E-state index contributed by atoms with van der Waals surface area (Å²) in [5, 5.41) is 9.08. The Balaban J connectivity index is 1.71. The van der Waals surface area contributed by atoms with Gasteiger partial charge >= 0.3 is 5.97 Å². The lowest BCUT2D eigenvalue weighted by atomic mass is 9.99. The second-order valence-corrected chi connectivity index (χ2v) is 5.58. The van der Waals surface area contributed by atoms with Crippen LogP contribution in [-0.2, 0) is 4.79 Å². The molecule has 0 aromatic carbocycles. The molecule has 2 heterocycles. The molecule has 0 bridgehead atoms. The van der Waals surface area contributed by atoms with Gasteiger partial charge in [-0.2, -0.15) is 0 Å². The second kappa shape index (κ2) is 5.83. The van der Waals surface area contributed by atoms with E-state index in [9.17, 15) is 4.79 Å². The third-order valence-corrected chi connectivity index (χ3v) is 4.19. The molecule has 2 atom stereocenters. The summed E-state index contributed by atoms with van der Waals surface area (Å²) in [7, 11) is 0. The summed E-state index contributed by atoms with van der Waals surface area (Å²) in [6, 6.07) is 0. The maximum Gasteiger partial charge on any atom is 0.308 e. The number of carboxylic acid groups (broad SMARTS) is 1. The van der Waals surface area contributed by atoms with E-state index < -0.39 is 5.97 Å². The average molecular weight is 240 g/mol. The first-order valence-electron chi connectivity index (χ1n) is 6.84. The smallest absolute Gasteiger partial charge is 0.308 e. The quantitative estimate of drug-likeness (QED) is 0.800. The van der Waals surface area contributed by atoms with E-state index in [1.54, 1.807) is 0 Å². The Morgan fingerprint density at radius 1 is 1.12 bits per heavy atom. The highest BCUT2D eigenvalue weighted by atomic mass is 16.4. The van der Waals surface area contributed by atoms with Gasteiger partial charge in [-0.15, -0.1) is 0 Å². The van der Waals surface area contributed by atoms with Crippen molar-refractivity contribution in [3.05, 3.63) is 0 Å². The van der Waals surface area contributed by atoms with Crippen LogP contribution in [0.15, 0.2) is 0 Å². The van der Waals surface area contributed by atoms with Crippen molar-refractivity contribution in [3.63, 3.8) is 0 Å². The van der Waals surface area contributed by atoms with Crippen molar-refractivity contribution in [2.24, 2.45) is 11.8 Å². The van der Waals surface area contributed by atoms with E-state index in [-0.39, 0.29) is 5.92 Å². The van der Waals surface area contributed by atoms with E-state index in [1.807, 2.05) is 0 Å². The molecule has 4 nitrogen and oxygen atoms in total. The van der Waals surface area contributed by atoms with Gasteiger partial charge in [-0.25, -0.2) is 0 Å². The molecule has 1 N–H and O–H groups in total. The van der Waals surface area contributed by atoms with Crippen molar-refractivity contribution in [1.29, 1.82) is 0 Å². The molecule has 0 spiro atoms. The summed E-state index contributed by atoms with van der Waals surface area (Å²) >= 11 is 0. The zero-order chi connectivity index (χ0) is 12.3. The van der Waals surface area contributed by atoms with E-state index in [2.05, 4.69) is 16.7 Å². The Morgan fingerprint density at radius 2 is 1.76 bits per heavy atom. The fourth-order valence-corrected chi connectivity index (χ4v) is 3.04. The van der Waals surface area contributed by atoms with Gasteiger partial charge in [0.25, 0.3) is 0 Å². The summed E-state index contributed by atoms with van der Waals surface area (Å²) in [5.74, 6) is -0.483. The van der Waals surface area contributed by atoms with Gasteiger partial charge in [0.2, 0.25) is 0 Å². The number of carbonyl (C=O) groups is 1. The van der Waals surface area contributed by atoms with Gasteiger partial charge in [0, 0.05) is 26.2 Å². The Hall–Kier alpha value is -0.610. The highest BCUT2D eigenvalue weighted by Gasteiger charge is 2.34. The van der Waals surface area contributed by atoms with Crippen LogP contribution >= 0.6 is 0 Å². The number of hydrogen-bond acceptors (Lipinski definition) is 3. The molecular weight excluding hydrogens is 216 g/mol. The summed E-state index contributed by atoms with van der Waals surface area (Å²) < 4.78 is 0. The van der Waals surface area contributed by atoms with Gasteiger partial charge in [-0.3, -0.25) is 4.79 Å². The van der Waals surface area contributed by atoms with Gasteiger partial charge < -0.3 is 14.9 Å². The third kappa shape index (κ3) is 3.42. The maximum absolute atomic E-state index is 11.0. The minimum Gasteiger partial charge on any atom is -0.481 e. The molecule has 0 aliphatic carbocycles. The van der Waals surface area contributed by atoms with E-state index in [0.717, 1.165) is 26.2 Å². The van der Waals surface area contributed by atoms with Gasteiger partial charge in [-0.1, -0.05) is 13.3 Å². The predicted octanol–water partition coefficient (Wildman–Crippen LogP) is 1.12. The zero-order valence-corrected chi connectivity index (χ0v) is 10.8. The largest absolute Gasteiger partial charge is 0.481 e. The van der Waals surface area contributed by atoms with Crippen LogP contribution in [0.1, 0.15) is 26.2 Å². The lowest BCUT2D eigenvalue weighted by molar-refractivity contribution is -0.142. The van der Waals surface area contributed by atoms with Gasteiger partial charge in [0.1, 0.15) is 0 Å². The number of nitrogens with zero attached hydrogens (tertiary/aromatic N) is 2. The minimum atomic E-state index is -0.627. The first-order chi connectivity index (χ1) is 8.16. The molecule has 4 heteroatoms. The lowest BCUT2D eigenvalue weighted by Crippen LogP contribution is -2.37. The van der Waals surface area contributed by atoms with Crippen LogP contribution in [0.5, 0.6) is 0 Å². The Bertz CT molecular complexity index is 264. The molecule has 0 aromatic rings. The monoisotopic (exact) mass is 240 g/mol. The maximum atomic E-state index is 11.0. The lowest BCUT2D eigenvalue weighted by Gasteiger charge is -2.28. The molecule has 0 amide bonds. The molecule has 17 heavy (non-hydrogen) atoms. The van der Waals surface area contributed by atoms with Crippen LogP contribution in [0.4, 0.5) is 0 Å². The summed E-state index contributed by atoms with van der Waals surface area (Å²) in [4.78, 5) is 15.9. The molecular formula is C13H24N2O2. The average Bonchev–Trinajstić information content (AvgIpc) is 2.69. The standard InChI is InChI=1S/C13H24N2O2/c1-11-9-15(10-12(11)13(16)17)8-7-14-5-3-2-4-6-14/h11-12H,2-10H2,1H3,(H,16,17). The molecule has 0 aromatic heterocycles. The Morgan fingerprint density at radius 3 is 2.35 bits per heavy atom. The normalized spacial score (nSPS) is 31.8. The second-order valence-electron chi connectivity index (χ2n) is 5.58. The van der Waals surface area contributed by atoms with Gasteiger partial charge in [-0.05, 0) is 31.8 Å². The Kier molecular flexibility index (Phi) is 4.40. The van der Waals surface area contributed by atoms with Crippen molar-refractivity contribution in [3.8, 4) is 0 Å². The summed E-state index contributed by atoms with van der Waals surface area (Å²) in [6.07, 6.45) is 4.03. The molecule has 98 valence electrons. The van der Waals surface area contributed by atoms with Crippen molar-refractivity contribution >= 4 is 5.97 Å². The predicted molar refractivity (Wildman–Crippen MR) is 67.0 cm³/mol. The molecule has 2 fully saturated rings. The fourth-order valence-electron chi connectivity index (χ4n) is 3.04. The van der Waals surface area contributed by atoms with Crippen molar-refractivity contribution in [2.45, 2.75) is 26.2 Å². The minimum absolute atomic E-state index is 0.156. The summed E-state index contributed by atoms with van der Waals surface area (Å²) in [5.41, 5.74) is 0. The molecule has 2 rings (SSSR count). The van der Waals surface area contributed by atoms with Crippen molar-refractivity contribution in [2.75, 3.05) is 39.3 Å². The van der Waals surface area contributed by atoms with Crippen LogP contribution in [0, 0.1) is 11.8 Å². The molecule has 2 aliphatic rings. The van der Waals surface area contributed by atoms with E-state index in [4.69, 9.17) is 5.11 Å². The van der Waals surface area contributed by atoms with Crippen LogP contribution < -0.4 is 0 Å². The fraction of sp³-hybridized carbons (Fsp3) is 0.923. The van der Waals surface area contributed by atoms with Crippen LogP contribution in [0.25, 0.3) is 0 Å². The van der Waals surface area contributed by atoms with E-state index in [1.165, 1.54) is 32.4 Å². The summed E-state index contributed by atoms with van der Waals surface area (Å²) in [6.45, 7) is 8.35. The number of piperidine rings is 1. The highest BCUT2D eigenvalue weighted by Crippen LogP contribution is 2.22. The molecule has 0 radical (unpaired) electrons. The van der Waals surface area contributed by atoms with E-state index in [0.29, 0.717) is 5.92 Å². The number of aliphatic carboxylic acids is 1. The molecule has 2 saturated heterocycles. The molecule has 0 saturated carbocycles. The number of rotatable bonds is 4. The van der Waals surface area contributed by atoms with Crippen molar-refractivity contribution < 1.29 is 9.90 Å². The first kappa shape index (κ1) is 12.8. The van der Waals surface area contributed by atoms with E-state index >= 15 is 0 Å². The molecule has 2 unspecified atom stereocenters. The highest BCUT2D eigenvalue weighted by molar-refractivity contribution is 5.71. The topological polar surface area (TPSA) is 43.8 Å². The SMILES string of the molecule is CC1CN(CCN2CCCCC2)CC1C(=O)O. The van der Waals surface area contributed by atoms with Gasteiger partial charge in [0.05, 0.1) is 5.92 Å². The first-order valence-corrected chi connectivity index (χ1v) is 6.84. The molecule has 2 aliphatic heterocycles. The van der Waals surface area contributed by atoms with Crippen LogP contribution in [0.3, 0.4) is 0 Å². The number of carboxylic acids is 1. The zero-order valence-electron chi connectivity index (χ0n) is 10.8. The van der Waals surface area contributed by atoms with Crippen molar-refractivity contribution in [1.82, 2.24) is 9.80 Å². The number of hydrogen-bond donors (Lipinski definition) is 1. The number of likely N-dealkylation sites (tertiary alicyclic amines) is 2. The van der Waals surface area contributed by atoms with Crippen LogP contribution in [0.2, 0.25) is 0 Å². The van der Waals surface area contributed by atoms with Crippen LogP contribution in [-0.4, -0.2) is 60.1 Å². The third-order valence-electron chi connectivity index (χ3n) is 4.19. The Labute approximate surface area is 104 Å².